The van der Waals surface area contributed by atoms with Gasteiger partial charge < -0.3 is 15.7 Å². The number of hydrogen-bond acceptors (Lipinski definition) is 9. The van der Waals surface area contributed by atoms with E-state index in [9.17, 15) is 14.7 Å². The Hall–Kier alpha value is -5.07. The van der Waals surface area contributed by atoms with Gasteiger partial charge in [0.1, 0.15) is 17.3 Å². The fraction of sp³-hybridized carbons (Fsp3) is 0.250. The normalized spacial score (nSPS) is 13.2. The van der Waals surface area contributed by atoms with Gasteiger partial charge in [0.05, 0.1) is 47.7 Å². The minimum absolute atomic E-state index is 0.128. The summed E-state index contributed by atoms with van der Waals surface area (Å²) in [6.07, 6.45) is 8.22. The number of nitrogens with one attached hydrogen (secondary N) is 2. The largest absolute Gasteiger partial charge is 0.392 e. The number of rotatable bonds is 9. The molecule has 1 aliphatic rings. The number of aromatic nitrogens is 6. The molecule has 1 aliphatic carbocycles. The molecule has 0 radical (unpaired) electrons. The number of halogens is 1. The van der Waals surface area contributed by atoms with E-state index in [1.54, 1.807) is 49.6 Å². The first-order valence-corrected chi connectivity index (χ1v) is 14.2. The van der Waals surface area contributed by atoms with Crippen LogP contribution in [0.1, 0.15) is 43.0 Å². The summed E-state index contributed by atoms with van der Waals surface area (Å²) in [5, 5.41) is 25.8. The second-order valence-corrected chi connectivity index (χ2v) is 10.9. The number of anilines is 2. The Labute approximate surface area is 251 Å². The molecule has 0 atom stereocenters. The first-order chi connectivity index (χ1) is 21.2. The Morgan fingerprint density at radius 2 is 1.93 bits per heavy atom. The monoisotopic (exact) mass is 594 g/mol. The third kappa shape index (κ3) is 5.52. The van der Waals surface area contributed by atoms with E-state index in [4.69, 9.17) is 0 Å². The van der Waals surface area contributed by atoms with Crippen molar-refractivity contribution in [2.75, 3.05) is 5.32 Å². The number of allylic oxidation sites excluding steroid dienone is 1. The molecule has 0 saturated heterocycles. The number of aliphatic hydroxyl groups excluding tert-OH is 1. The van der Waals surface area contributed by atoms with Crippen LogP contribution in [0.25, 0.3) is 33.3 Å². The van der Waals surface area contributed by atoms with E-state index in [-0.39, 0.29) is 16.8 Å². The summed E-state index contributed by atoms with van der Waals surface area (Å²) in [5.41, 5.74) is 2.51. The summed E-state index contributed by atoms with van der Waals surface area (Å²) in [5.74, 6) is -0.309. The van der Waals surface area contributed by atoms with Crippen molar-refractivity contribution in [2.24, 2.45) is 7.05 Å². The van der Waals surface area contributed by atoms with Crippen LogP contribution in [0.5, 0.6) is 0 Å². The Morgan fingerprint density at radius 3 is 2.61 bits per heavy atom. The van der Waals surface area contributed by atoms with E-state index >= 15 is 4.39 Å². The lowest BCUT2D eigenvalue weighted by atomic mass is 9.93. The lowest BCUT2D eigenvalue weighted by Crippen LogP contribution is -2.34. The number of benzene rings is 2. The van der Waals surface area contributed by atoms with Crippen LogP contribution in [0.15, 0.2) is 71.2 Å². The summed E-state index contributed by atoms with van der Waals surface area (Å²) in [6, 6.07) is 9.99. The molecule has 11 nitrogen and oxygen atoms in total. The van der Waals surface area contributed by atoms with Crippen molar-refractivity contribution in [1.82, 2.24) is 34.8 Å². The maximum Gasteiger partial charge on any atom is 0.290 e. The van der Waals surface area contributed by atoms with Gasteiger partial charge in [-0.05, 0) is 49.6 Å². The molecule has 0 unspecified atom stereocenters. The van der Waals surface area contributed by atoms with Gasteiger partial charge in [-0.1, -0.05) is 30.7 Å². The zero-order valence-corrected chi connectivity index (χ0v) is 24.3. The molecule has 12 heteroatoms. The second-order valence-electron chi connectivity index (χ2n) is 10.9. The van der Waals surface area contributed by atoms with E-state index in [0.717, 1.165) is 10.4 Å². The Morgan fingerprint density at radius 1 is 1.11 bits per heavy atom. The molecule has 224 valence electrons. The summed E-state index contributed by atoms with van der Waals surface area (Å²) >= 11 is 0. The van der Waals surface area contributed by atoms with Crippen LogP contribution in [0.4, 0.5) is 15.9 Å². The van der Waals surface area contributed by atoms with E-state index in [1.807, 2.05) is 0 Å². The van der Waals surface area contributed by atoms with Crippen LogP contribution in [-0.4, -0.2) is 40.7 Å². The lowest BCUT2D eigenvalue weighted by Gasteiger charge is -2.26. The Balaban J connectivity index is 1.36. The summed E-state index contributed by atoms with van der Waals surface area (Å²) in [7, 11) is 1.51. The van der Waals surface area contributed by atoms with Gasteiger partial charge in [0, 0.05) is 36.1 Å². The Bertz CT molecular complexity index is 2020. The van der Waals surface area contributed by atoms with Crippen LogP contribution in [0, 0.1) is 5.82 Å². The van der Waals surface area contributed by atoms with Gasteiger partial charge in [-0.25, -0.2) is 14.1 Å². The standard InChI is InChI=1S/C32H31FN8O3/c1-18(2)19-10-20-13-37-41(32(44)30(20)25(33)11-19)28-9-5-8-23(24(28)17-42)26-12-27(31(43)40(3)39-26)38-29-16-35-22(15-36-29)14-34-21-6-4-7-21/h5,8-13,15-16,21,34,42H,1,4,6-7,14,17H2,2-3H3,(H,36,38). The van der Waals surface area contributed by atoms with Gasteiger partial charge in [0.15, 0.2) is 0 Å². The van der Waals surface area contributed by atoms with E-state index in [2.05, 4.69) is 37.4 Å². The third-order valence-corrected chi connectivity index (χ3v) is 7.85. The van der Waals surface area contributed by atoms with Gasteiger partial charge in [-0.15, -0.1) is 0 Å². The highest BCUT2D eigenvalue weighted by Gasteiger charge is 2.19. The van der Waals surface area contributed by atoms with Gasteiger partial charge in [-0.3, -0.25) is 14.6 Å². The van der Waals surface area contributed by atoms with Crippen LogP contribution in [0.2, 0.25) is 0 Å². The van der Waals surface area contributed by atoms with Crippen molar-refractivity contribution in [3.05, 3.63) is 105 Å². The molecular formula is C32H31FN8O3. The van der Waals surface area contributed by atoms with Crippen molar-refractivity contribution in [3.8, 4) is 16.9 Å². The Kier molecular flexibility index (Phi) is 7.85. The van der Waals surface area contributed by atoms with Crippen molar-refractivity contribution in [1.29, 1.82) is 0 Å². The molecule has 3 N–H and O–H groups in total. The fourth-order valence-corrected chi connectivity index (χ4v) is 5.17. The lowest BCUT2D eigenvalue weighted by molar-refractivity contribution is 0.281. The molecule has 1 saturated carbocycles. The molecule has 0 spiro atoms. The van der Waals surface area contributed by atoms with E-state index in [0.29, 0.717) is 51.7 Å². The molecule has 5 aromatic rings. The van der Waals surface area contributed by atoms with Crippen LogP contribution < -0.4 is 21.8 Å². The zero-order valence-electron chi connectivity index (χ0n) is 24.3. The first kappa shape index (κ1) is 29.0. The molecule has 3 aromatic heterocycles. The van der Waals surface area contributed by atoms with Crippen LogP contribution in [-0.2, 0) is 20.2 Å². The number of hydrogen-bond donors (Lipinski definition) is 3. The number of aliphatic hydroxyl groups is 1. The second kappa shape index (κ2) is 11.9. The predicted molar refractivity (Wildman–Crippen MR) is 166 cm³/mol. The SMILES string of the molecule is C=C(C)c1cc(F)c2c(=O)n(-c3cccc(-c4cc(Nc5cnc(CNC6CCC6)cn5)c(=O)n(C)n4)c3CO)ncc2c1. The van der Waals surface area contributed by atoms with Gasteiger partial charge >= 0.3 is 0 Å². The highest BCUT2D eigenvalue weighted by molar-refractivity contribution is 5.85. The van der Waals surface area contributed by atoms with Gasteiger partial charge in [-0.2, -0.15) is 14.9 Å². The predicted octanol–water partition coefficient (Wildman–Crippen LogP) is 3.99. The highest BCUT2D eigenvalue weighted by Crippen LogP contribution is 2.29. The molecule has 6 rings (SSSR count). The van der Waals surface area contributed by atoms with E-state index < -0.39 is 23.5 Å². The number of nitrogens with zero attached hydrogens (tertiary/aromatic N) is 6. The maximum atomic E-state index is 15.1. The number of aryl methyl sites for hydroxylation is 1. The molecule has 0 bridgehead atoms. The van der Waals surface area contributed by atoms with Gasteiger partial charge in [0.25, 0.3) is 11.1 Å². The van der Waals surface area contributed by atoms with Gasteiger partial charge in [0.2, 0.25) is 0 Å². The molecule has 2 aromatic carbocycles. The summed E-state index contributed by atoms with van der Waals surface area (Å²) in [6.45, 7) is 5.73. The van der Waals surface area contributed by atoms with Crippen LogP contribution >= 0.6 is 0 Å². The fourth-order valence-electron chi connectivity index (χ4n) is 5.17. The molecule has 0 amide bonds. The number of fused-ring (bicyclic) bond motifs is 1. The first-order valence-electron chi connectivity index (χ1n) is 14.2. The molecule has 44 heavy (non-hydrogen) atoms. The van der Waals surface area contributed by atoms with Crippen LogP contribution in [0.3, 0.4) is 0 Å². The topological polar surface area (TPSA) is 140 Å². The third-order valence-electron chi connectivity index (χ3n) is 7.85. The molecular weight excluding hydrogens is 563 g/mol. The molecule has 0 aliphatic heterocycles. The van der Waals surface area contributed by atoms with E-state index in [1.165, 1.54) is 43.3 Å². The quantitative estimate of drug-likeness (QED) is 0.231. The average molecular weight is 595 g/mol. The smallest absolute Gasteiger partial charge is 0.290 e. The van der Waals surface area contributed by atoms with Crippen molar-refractivity contribution in [2.45, 2.75) is 45.4 Å². The van der Waals surface area contributed by atoms with Crippen molar-refractivity contribution in [3.63, 3.8) is 0 Å². The van der Waals surface area contributed by atoms with Crippen molar-refractivity contribution >= 4 is 27.9 Å². The van der Waals surface area contributed by atoms with Crippen molar-refractivity contribution < 1.29 is 9.50 Å². The minimum atomic E-state index is -0.690. The summed E-state index contributed by atoms with van der Waals surface area (Å²) in [4.78, 5) is 35.3. The highest BCUT2D eigenvalue weighted by atomic mass is 19.1. The molecule has 1 fully saturated rings. The average Bonchev–Trinajstić information content (AvgIpc) is 2.99. The maximum absolute atomic E-state index is 15.1. The molecule has 3 heterocycles. The summed E-state index contributed by atoms with van der Waals surface area (Å²) < 4.78 is 17.3. The zero-order chi connectivity index (χ0) is 31.0. The minimum Gasteiger partial charge on any atom is -0.392 e.